The molecule has 2 amide bonds. The van der Waals surface area contributed by atoms with Crippen LogP contribution in [-0.4, -0.2) is 82.6 Å². The number of allylic oxidation sites excluding steroid dienone is 2. The van der Waals surface area contributed by atoms with Crippen LogP contribution in [0.2, 0.25) is 0 Å². The highest BCUT2D eigenvalue weighted by Gasteiger charge is 2.35. The number of amides is 2. The van der Waals surface area contributed by atoms with Gasteiger partial charge in [0.2, 0.25) is 5.91 Å². The van der Waals surface area contributed by atoms with Crippen LogP contribution in [0.4, 0.5) is 4.39 Å². The summed E-state index contributed by atoms with van der Waals surface area (Å²) in [5, 5.41) is 33.7. The highest BCUT2D eigenvalue weighted by Crippen LogP contribution is 2.38. The molecule has 1 saturated heterocycles. The average molecular weight is 808 g/mol. The zero-order valence-corrected chi connectivity index (χ0v) is 33.0. The maximum atomic E-state index is 15.2. The van der Waals surface area contributed by atoms with Crippen molar-refractivity contribution in [2.75, 3.05) is 26.2 Å². The van der Waals surface area contributed by atoms with E-state index in [2.05, 4.69) is 10.2 Å². The molecular weight excluding hydrogens is 766 g/mol. The van der Waals surface area contributed by atoms with Crippen molar-refractivity contribution in [3.05, 3.63) is 145 Å². The third-order valence-electron chi connectivity index (χ3n) is 11.6. The van der Waals surface area contributed by atoms with E-state index in [9.17, 15) is 29.4 Å². The fourth-order valence-electron chi connectivity index (χ4n) is 8.19. The van der Waals surface area contributed by atoms with Gasteiger partial charge in [-0.2, -0.15) is 10.2 Å². The number of nitrogens with zero attached hydrogens (tertiary/aromatic N) is 6. The van der Waals surface area contributed by atoms with Crippen LogP contribution in [0.1, 0.15) is 76.8 Å². The summed E-state index contributed by atoms with van der Waals surface area (Å²) in [7, 11) is 0. The molecule has 2 fully saturated rings. The molecule has 3 N–H and O–H groups in total. The lowest BCUT2D eigenvalue weighted by Gasteiger charge is -2.35. The monoisotopic (exact) mass is 807 g/mol. The normalized spacial score (nSPS) is 16.4. The third-order valence-corrected chi connectivity index (χ3v) is 11.6. The summed E-state index contributed by atoms with van der Waals surface area (Å²) in [4.78, 5) is 56.3. The summed E-state index contributed by atoms with van der Waals surface area (Å²) >= 11 is 0. The number of phenols is 2. The molecule has 13 nitrogen and oxygen atoms in total. The molecule has 2 aliphatic carbocycles. The third kappa shape index (κ3) is 7.07. The quantitative estimate of drug-likeness (QED) is 0.156. The average Bonchev–Trinajstić information content (AvgIpc) is 3.92. The Bertz CT molecular complexity index is 2900. The van der Waals surface area contributed by atoms with Gasteiger partial charge in [-0.25, -0.2) is 23.5 Å². The van der Waals surface area contributed by atoms with Gasteiger partial charge >= 0.3 is 5.69 Å². The van der Waals surface area contributed by atoms with E-state index < -0.39 is 17.4 Å². The van der Waals surface area contributed by atoms with Crippen LogP contribution in [0, 0.1) is 11.7 Å². The first-order valence-corrected chi connectivity index (χ1v) is 20.1. The molecule has 304 valence electrons. The number of aromatic hydroxyl groups is 2. The van der Waals surface area contributed by atoms with Gasteiger partial charge in [0.25, 0.3) is 11.5 Å². The van der Waals surface area contributed by atoms with E-state index in [0.717, 1.165) is 24.0 Å². The summed E-state index contributed by atoms with van der Waals surface area (Å²) < 4.78 is 17.9. The largest absolute Gasteiger partial charge is 0.508 e. The molecule has 1 unspecified atom stereocenters. The van der Waals surface area contributed by atoms with Crippen LogP contribution >= 0.6 is 0 Å². The number of aromatic amines is 1. The minimum atomic E-state index is -0.628. The van der Waals surface area contributed by atoms with Crippen LogP contribution in [-0.2, 0) is 11.2 Å². The van der Waals surface area contributed by atoms with Crippen molar-refractivity contribution in [2.24, 2.45) is 5.92 Å². The number of aromatic nitrogens is 5. The van der Waals surface area contributed by atoms with Crippen molar-refractivity contribution < 1.29 is 24.2 Å². The van der Waals surface area contributed by atoms with Crippen molar-refractivity contribution in [2.45, 2.75) is 44.9 Å². The number of halogens is 1. The topological polar surface area (TPSA) is 167 Å². The molecule has 14 heteroatoms. The Morgan fingerprint density at radius 2 is 1.67 bits per heavy atom. The first-order chi connectivity index (χ1) is 28.9. The number of nitrogens with one attached hydrogen (secondary N) is 1. The first-order valence-electron chi connectivity index (χ1n) is 20.1. The van der Waals surface area contributed by atoms with E-state index in [1.165, 1.54) is 21.4 Å². The van der Waals surface area contributed by atoms with Gasteiger partial charge in [0.1, 0.15) is 17.3 Å². The number of fused-ring (bicyclic) bond motifs is 2. The molecule has 9 rings (SSSR count). The maximum absolute atomic E-state index is 15.2. The summed E-state index contributed by atoms with van der Waals surface area (Å²) in [5.74, 6) is -1.16. The van der Waals surface area contributed by atoms with Crippen molar-refractivity contribution in [1.29, 1.82) is 0 Å². The molecular formula is C46H42FN7O6. The fourth-order valence-corrected chi connectivity index (χ4v) is 8.19. The molecule has 0 spiro atoms. The number of H-pyrrole nitrogens is 1. The first kappa shape index (κ1) is 38.4. The van der Waals surface area contributed by atoms with Crippen LogP contribution in [0.5, 0.6) is 11.5 Å². The van der Waals surface area contributed by atoms with Crippen molar-refractivity contribution >= 4 is 34.9 Å². The Labute approximate surface area is 343 Å². The Morgan fingerprint density at radius 1 is 0.917 bits per heavy atom. The van der Waals surface area contributed by atoms with Gasteiger partial charge in [-0.1, -0.05) is 62.4 Å². The number of rotatable bonds is 9. The molecule has 1 atom stereocenters. The lowest BCUT2D eigenvalue weighted by atomic mass is 9.98. The molecule has 2 aromatic heterocycles. The minimum Gasteiger partial charge on any atom is -0.508 e. The van der Waals surface area contributed by atoms with Gasteiger partial charge in [0.05, 0.1) is 27.9 Å². The van der Waals surface area contributed by atoms with Crippen molar-refractivity contribution in [3.63, 3.8) is 0 Å². The van der Waals surface area contributed by atoms with Crippen molar-refractivity contribution in [3.8, 4) is 28.6 Å². The van der Waals surface area contributed by atoms with E-state index in [-0.39, 0.29) is 58.5 Å². The number of piperazine rings is 1. The zero-order chi connectivity index (χ0) is 41.8. The summed E-state index contributed by atoms with van der Waals surface area (Å²) in [6.07, 6.45) is 9.44. The number of hydrogen-bond acceptors (Lipinski definition) is 8. The van der Waals surface area contributed by atoms with Gasteiger partial charge in [-0.05, 0) is 77.4 Å². The lowest BCUT2D eigenvalue weighted by Crippen LogP contribution is -2.51. The molecule has 6 aromatic rings. The highest BCUT2D eigenvalue weighted by atomic mass is 19.1. The second-order valence-electron chi connectivity index (χ2n) is 15.9. The zero-order valence-electron chi connectivity index (χ0n) is 33.0. The molecule has 0 bridgehead atoms. The summed E-state index contributed by atoms with van der Waals surface area (Å²) in [6, 6.07) is 20.0. The smallest absolute Gasteiger partial charge is 0.348 e. The fraction of sp³-hybridized carbons (Fsp3) is 0.261. The van der Waals surface area contributed by atoms with Crippen molar-refractivity contribution in [1.82, 2.24) is 34.3 Å². The van der Waals surface area contributed by atoms with E-state index in [4.69, 9.17) is 5.10 Å². The van der Waals surface area contributed by atoms with Gasteiger partial charge < -0.3 is 20.0 Å². The number of carbonyl (C=O) groups is 2. The van der Waals surface area contributed by atoms with E-state index in [1.807, 2.05) is 56.3 Å². The summed E-state index contributed by atoms with van der Waals surface area (Å²) in [6.45, 7) is 5.35. The Balaban J connectivity index is 0.966. The molecule has 60 heavy (non-hydrogen) atoms. The van der Waals surface area contributed by atoms with Crippen LogP contribution < -0.4 is 11.2 Å². The Hall–Kier alpha value is -7.09. The lowest BCUT2D eigenvalue weighted by molar-refractivity contribution is -0.134. The molecule has 1 aliphatic heterocycles. The molecule has 0 radical (unpaired) electrons. The maximum Gasteiger partial charge on any atom is 0.348 e. The molecule has 3 heterocycles. The molecule has 1 saturated carbocycles. The number of hydrogen-bond donors (Lipinski definition) is 3. The number of benzene rings is 4. The second kappa shape index (κ2) is 15.3. The predicted molar refractivity (Wildman–Crippen MR) is 225 cm³/mol. The van der Waals surface area contributed by atoms with Gasteiger partial charge in [-0.15, -0.1) is 0 Å². The Kier molecular flexibility index (Phi) is 9.77. The minimum absolute atomic E-state index is 0.0465. The highest BCUT2D eigenvalue weighted by molar-refractivity contribution is 5.95. The standard InChI is InChI=1S/C46H42FN7O6/c1-26(2)35-24-37(41(56)25-40(35)55)42-48-49-46(60)54(42)31-12-13-32-28(8-11-30(32)23-31)15-16-53-45(59)34-6-4-3-5-33(34)39(50-53)22-27-7-14-38(47)36(21-27)44(58)52-19-17-51(18-20-52)43(57)29-9-10-29/h3-8,11-16,21,23-26,28-29,55-56H,9-10,17-20,22H2,1-2H3,(H,49,60)/b16-15+. The predicted octanol–water partition coefficient (Wildman–Crippen LogP) is 6.18. The van der Waals surface area contributed by atoms with Gasteiger partial charge in [0.15, 0.2) is 5.82 Å². The van der Waals surface area contributed by atoms with Crippen LogP contribution in [0.3, 0.4) is 0 Å². The Morgan fingerprint density at radius 3 is 2.42 bits per heavy atom. The number of phenolic OH excluding ortho intramolecular Hbond substituents is 2. The molecule has 3 aliphatic rings. The SMILES string of the molecule is CC(C)c1cc(-c2n[nH]c(=O)n2-c2ccc3c(c2)C=CC3/C=C/n2nc(Cc3ccc(F)c(C(=O)N4CCN(C(=O)C5CC5)CC4)c3)c3ccccc3c2=O)c(O)cc1O. The van der Waals surface area contributed by atoms with Crippen LogP contribution in [0.25, 0.3) is 40.1 Å². The summed E-state index contributed by atoms with van der Waals surface area (Å²) in [5.41, 5.74) is 3.53. The van der Waals surface area contributed by atoms with E-state index in [1.54, 1.807) is 52.4 Å². The van der Waals surface area contributed by atoms with Gasteiger partial charge in [0, 0.05) is 62.1 Å². The van der Waals surface area contributed by atoms with E-state index in [0.29, 0.717) is 65.0 Å². The second-order valence-corrected chi connectivity index (χ2v) is 15.9. The van der Waals surface area contributed by atoms with E-state index >= 15 is 4.39 Å². The van der Waals surface area contributed by atoms with Crippen LogP contribution in [0.15, 0.2) is 94.5 Å². The van der Waals surface area contributed by atoms with Gasteiger partial charge in [-0.3, -0.25) is 14.4 Å². The molecule has 4 aromatic carbocycles. The number of carbonyl (C=O) groups excluding carboxylic acids is 2.